The zero-order valence-corrected chi connectivity index (χ0v) is 19.4. The molecule has 0 saturated carbocycles. The number of aliphatic hydroxyl groups is 1. The highest BCUT2D eigenvalue weighted by molar-refractivity contribution is 5.91. The van der Waals surface area contributed by atoms with Crippen LogP contribution >= 0.6 is 0 Å². The van der Waals surface area contributed by atoms with Crippen molar-refractivity contribution in [2.24, 2.45) is 0 Å². The van der Waals surface area contributed by atoms with Crippen molar-refractivity contribution in [3.05, 3.63) is 76.4 Å². The third-order valence-corrected chi connectivity index (χ3v) is 5.48. The maximum atomic E-state index is 13.9. The minimum Gasteiger partial charge on any atom is -0.508 e. The Bertz CT molecular complexity index is 1570. The van der Waals surface area contributed by atoms with Crippen molar-refractivity contribution in [3.8, 4) is 23.8 Å². The van der Waals surface area contributed by atoms with Gasteiger partial charge >= 0.3 is 24.9 Å². The van der Waals surface area contributed by atoms with E-state index in [9.17, 15) is 57.8 Å². The lowest BCUT2D eigenvalue weighted by Crippen LogP contribution is -2.45. The lowest BCUT2D eigenvalue weighted by molar-refractivity contribution is -0.274. The van der Waals surface area contributed by atoms with Gasteiger partial charge in [0.1, 0.15) is 23.0 Å². The Balaban J connectivity index is 1.97. The number of pyridine rings is 1. The van der Waals surface area contributed by atoms with Crippen LogP contribution in [0.25, 0.3) is 10.9 Å². The third kappa shape index (κ3) is 6.00. The highest BCUT2D eigenvalue weighted by atomic mass is 19.4. The average molecular weight is 602 g/mol. The second kappa shape index (κ2) is 9.56. The number of alkyl halides is 12. The molecule has 1 N–H and O–H groups in total. The fourth-order valence-corrected chi connectivity index (χ4v) is 3.82. The summed E-state index contributed by atoms with van der Waals surface area (Å²) < 4.78 is 165. The van der Waals surface area contributed by atoms with Gasteiger partial charge in [-0.25, -0.2) is 4.98 Å². The summed E-state index contributed by atoms with van der Waals surface area (Å²) in [6, 6.07) is -0.674. The molecule has 1 unspecified atom stereocenters. The molecule has 0 fully saturated rings. The first-order valence-electron chi connectivity index (χ1n) is 10.6. The molecule has 5 nitrogen and oxygen atoms in total. The molecule has 1 atom stereocenters. The Kier molecular flexibility index (Phi) is 6.88. The fourth-order valence-electron chi connectivity index (χ4n) is 3.82. The molecule has 1 aromatic carbocycles. The molecule has 17 heteroatoms. The van der Waals surface area contributed by atoms with Crippen LogP contribution in [0.3, 0.4) is 0 Å². The van der Waals surface area contributed by atoms with Crippen LogP contribution in [0.5, 0.6) is 11.5 Å². The van der Waals surface area contributed by atoms with Crippen molar-refractivity contribution in [2.75, 3.05) is 0 Å². The summed E-state index contributed by atoms with van der Waals surface area (Å²) in [6.45, 7) is 0. The number of halogens is 12. The molecule has 0 spiro atoms. The van der Waals surface area contributed by atoms with Gasteiger partial charge in [0.2, 0.25) is 0 Å². The SMILES string of the molecule is C#Cc1cc(OC(F)(F)F)c2nc(C(F)(F)F)cc(ON3C(C(F)(F)F)=CC(O)=C4C=C(C(F)(F)F)C=CC43)c2c1. The minimum absolute atomic E-state index is 0.0331. The number of aromatic nitrogens is 1. The van der Waals surface area contributed by atoms with Crippen LogP contribution in [0.1, 0.15) is 11.3 Å². The van der Waals surface area contributed by atoms with E-state index in [2.05, 4.69) is 9.72 Å². The van der Waals surface area contributed by atoms with Crippen molar-refractivity contribution in [1.29, 1.82) is 0 Å². The molecule has 0 amide bonds. The monoisotopic (exact) mass is 602 g/mol. The summed E-state index contributed by atoms with van der Waals surface area (Å²) in [5.74, 6) is -1.89. The zero-order valence-electron chi connectivity index (χ0n) is 19.4. The number of benzene rings is 1. The number of fused-ring (bicyclic) bond motifs is 2. The van der Waals surface area contributed by atoms with Gasteiger partial charge in [0, 0.05) is 23.3 Å². The lowest BCUT2D eigenvalue weighted by Gasteiger charge is -2.38. The summed E-state index contributed by atoms with van der Waals surface area (Å²) in [4.78, 5) is 8.27. The summed E-state index contributed by atoms with van der Waals surface area (Å²) in [5.41, 5.74) is -7.59. The number of terminal acetylenes is 1. The number of ether oxygens (including phenoxy) is 1. The number of allylic oxidation sites excluding steroid dienone is 4. The smallest absolute Gasteiger partial charge is 0.508 e. The summed E-state index contributed by atoms with van der Waals surface area (Å²) in [6.07, 6.45) is -14.9. The van der Waals surface area contributed by atoms with Gasteiger partial charge in [-0.1, -0.05) is 18.1 Å². The van der Waals surface area contributed by atoms with Crippen LogP contribution in [0.4, 0.5) is 52.7 Å². The Morgan fingerprint density at radius 1 is 0.854 bits per heavy atom. The first-order valence-corrected chi connectivity index (χ1v) is 10.6. The Morgan fingerprint density at radius 3 is 2.05 bits per heavy atom. The van der Waals surface area contributed by atoms with Gasteiger partial charge in [-0.2, -0.15) is 44.6 Å². The zero-order chi connectivity index (χ0) is 30.7. The summed E-state index contributed by atoms with van der Waals surface area (Å²) >= 11 is 0. The van der Waals surface area contributed by atoms with E-state index in [4.69, 9.17) is 11.3 Å². The predicted octanol–water partition coefficient (Wildman–Crippen LogP) is 7.43. The van der Waals surface area contributed by atoms with Crippen LogP contribution in [0.15, 0.2) is 65.1 Å². The summed E-state index contributed by atoms with van der Waals surface area (Å²) in [7, 11) is 0. The van der Waals surface area contributed by atoms with Gasteiger partial charge < -0.3 is 14.7 Å². The first kappa shape index (κ1) is 29.5. The van der Waals surface area contributed by atoms with Gasteiger partial charge in [-0.3, -0.25) is 0 Å². The standard InChI is InChI=1S/C24H10F12N2O3/c1-2-10-5-13-16(9-18(22(28,29)30)37-20(13)17(6-10)40-24(34,35)36)41-38-14-4-3-11(21(25,26)27)7-12(14)15(39)8-19(38)23(31,32)33/h1,3-9,14,39H. The second-order valence-corrected chi connectivity index (χ2v) is 8.25. The van der Waals surface area contributed by atoms with Crippen LogP contribution in [-0.4, -0.2) is 39.9 Å². The van der Waals surface area contributed by atoms with Gasteiger partial charge in [-0.05, 0) is 18.2 Å². The Morgan fingerprint density at radius 2 is 1.51 bits per heavy atom. The van der Waals surface area contributed by atoms with Crippen LogP contribution in [0.2, 0.25) is 0 Å². The number of nitrogens with zero attached hydrogens (tertiary/aromatic N) is 2. The molecule has 0 bridgehead atoms. The lowest BCUT2D eigenvalue weighted by atomic mass is 9.92. The fraction of sp³-hybridized carbons (Fsp3) is 0.208. The van der Waals surface area contributed by atoms with Gasteiger partial charge in [0.25, 0.3) is 0 Å². The number of hydroxylamine groups is 2. The molecule has 1 aliphatic heterocycles. The Hall–Kier alpha value is -4.49. The molecule has 218 valence electrons. The molecular formula is C24H10F12N2O3. The van der Waals surface area contributed by atoms with E-state index in [1.165, 1.54) is 0 Å². The van der Waals surface area contributed by atoms with E-state index in [1.54, 1.807) is 0 Å². The molecule has 1 aliphatic carbocycles. The molecule has 2 aliphatic rings. The molecular weight excluding hydrogens is 592 g/mol. The van der Waals surface area contributed by atoms with Crippen molar-refractivity contribution in [1.82, 2.24) is 10.0 Å². The van der Waals surface area contributed by atoms with Gasteiger partial charge in [0.15, 0.2) is 17.2 Å². The van der Waals surface area contributed by atoms with E-state index < -0.39 is 87.2 Å². The van der Waals surface area contributed by atoms with Crippen molar-refractivity contribution < 1.29 is 67.4 Å². The molecule has 2 heterocycles. The number of hydrogen-bond donors (Lipinski definition) is 1. The molecule has 4 rings (SSSR count). The van der Waals surface area contributed by atoms with Gasteiger partial charge in [-0.15, -0.1) is 19.6 Å². The number of hydrogen-bond acceptors (Lipinski definition) is 5. The van der Waals surface area contributed by atoms with Crippen molar-refractivity contribution in [3.63, 3.8) is 0 Å². The highest BCUT2D eigenvalue weighted by Crippen LogP contribution is 2.44. The van der Waals surface area contributed by atoms with Gasteiger partial charge in [0.05, 0.1) is 11.0 Å². The highest BCUT2D eigenvalue weighted by Gasteiger charge is 2.47. The molecule has 2 aromatic rings. The van der Waals surface area contributed by atoms with E-state index in [-0.39, 0.29) is 23.3 Å². The molecule has 1 aromatic heterocycles. The van der Waals surface area contributed by atoms with Crippen molar-refractivity contribution >= 4 is 10.9 Å². The maximum Gasteiger partial charge on any atom is 0.573 e. The molecule has 0 radical (unpaired) electrons. The van der Waals surface area contributed by atoms with E-state index >= 15 is 0 Å². The predicted molar refractivity (Wildman–Crippen MR) is 115 cm³/mol. The van der Waals surface area contributed by atoms with E-state index in [1.807, 2.05) is 5.92 Å². The largest absolute Gasteiger partial charge is 0.573 e. The minimum atomic E-state index is -5.47. The third-order valence-electron chi connectivity index (χ3n) is 5.48. The van der Waals surface area contributed by atoms with Crippen LogP contribution in [0, 0.1) is 12.3 Å². The van der Waals surface area contributed by atoms with Crippen molar-refractivity contribution in [2.45, 2.75) is 30.9 Å². The quantitative estimate of drug-likeness (QED) is 0.293. The van der Waals surface area contributed by atoms with E-state index in [0.717, 1.165) is 6.07 Å². The molecule has 0 saturated heterocycles. The van der Waals surface area contributed by atoms with E-state index in [0.29, 0.717) is 18.2 Å². The first-order chi connectivity index (χ1) is 18.7. The summed E-state index contributed by atoms with van der Waals surface area (Å²) in [5, 5.41) is 9.18. The van der Waals surface area contributed by atoms with Crippen LogP contribution in [-0.2, 0) is 6.18 Å². The second-order valence-electron chi connectivity index (χ2n) is 8.25. The number of aliphatic hydroxyl groups excluding tert-OH is 1. The maximum absolute atomic E-state index is 13.9. The average Bonchev–Trinajstić information content (AvgIpc) is 2.82. The molecule has 41 heavy (non-hydrogen) atoms. The Labute approximate surface area is 220 Å². The normalized spacial score (nSPS) is 18.1. The topological polar surface area (TPSA) is 54.8 Å². The number of rotatable bonds is 3. The van der Waals surface area contributed by atoms with Crippen LogP contribution < -0.4 is 9.57 Å².